The van der Waals surface area contributed by atoms with Crippen LogP contribution in [0.4, 0.5) is 0 Å². The molecule has 0 aromatic carbocycles. The molecule has 20 nitrogen and oxygen atoms in total. The van der Waals surface area contributed by atoms with Crippen LogP contribution in [0.15, 0.2) is 0 Å². The number of epoxide rings is 1. The van der Waals surface area contributed by atoms with Crippen LogP contribution in [0, 0.1) is 54.7 Å². The smallest absolute Gasteiger partial charge is 0.104 e. The largest absolute Gasteiger partial charge is 0.388 e. The van der Waals surface area contributed by atoms with Gasteiger partial charge < -0.3 is 95.1 Å². The molecule has 11 rings (SSSR count). The van der Waals surface area contributed by atoms with E-state index in [-0.39, 0.29) is 33.9 Å². The van der Waals surface area contributed by atoms with Crippen molar-refractivity contribution >= 4 is 0 Å². The first-order valence-electron chi connectivity index (χ1n) is 36.4. The van der Waals surface area contributed by atoms with E-state index in [0.717, 1.165) is 268 Å². The molecule has 0 bridgehead atoms. The zero-order valence-electron chi connectivity index (χ0n) is 59.4. The van der Waals surface area contributed by atoms with E-state index in [1.54, 1.807) is 0 Å². The Morgan fingerprint density at radius 2 is 0.609 bits per heavy atom. The number of hydrogen-bond donors (Lipinski definition) is 1. The standard InChI is InChI=1S/C18H32O6.C16H30O5.C16H30O4.C12H22O3.C10H18O2/c1-3-17(11-21-12-17)9-19-5-15(23-7-16-8-24-16)6-20-10-18(4-2)13-22-14-18;1-3-5-16(12-21-13-16)11-19-7-14(17)6-18-8-15(4-2)9-20-10-15;1-3-15(11-19-12-15)9-17-7-5-6-8-18-10-16(4-2)13-20-14-16;1-3-11(5-13-6-11)9-15-10-12(4-2)7-14-8-12;1-2-10(7-12-8-10)6-11-5-9-3-4-9/h15-16H,3-14H2,1-2H3;14,17H,3-13H2,1-2H3;3-14H2,1-2H3;3-10H2,1-2H3;9H,2-8H2,1H3. The summed E-state index contributed by atoms with van der Waals surface area (Å²) < 4.78 is 105. The minimum Gasteiger partial charge on any atom is -0.388 e. The van der Waals surface area contributed by atoms with Crippen molar-refractivity contribution in [3.05, 3.63) is 0 Å². The molecule has 20 heteroatoms. The Kier molecular flexibility index (Phi) is 34.0. The van der Waals surface area contributed by atoms with Crippen LogP contribution in [0.1, 0.15) is 152 Å². The molecule has 92 heavy (non-hydrogen) atoms. The van der Waals surface area contributed by atoms with Gasteiger partial charge in [-0.3, -0.25) is 0 Å². The van der Waals surface area contributed by atoms with Gasteiger partial charge in [0.25, 0.3) is 0 Å². The van der Waals surface area contributed by atoms with E-state index in [1.165, 1.54) is 19.3 Å². The Hall–Kier alpha value is -0.800. The summed E-state index contributed by atoms with van der Waals surface area (Å²) >= 11 is 0. The molecule has 1 saturated carbocycles. The van der Waals surface area contributed by atoms with E-state index in [4.69, 9.17) is 90.0 Å². The number of aliphatic hydroxyl groups is 1. The molecule has 10 heterocycles. The molecule has 1 N–H and O–H groups in total. The molecular weight excluding hydrogens is 1180 g/mol. The molecule has 2 atom stereocenters. The highest BCUT2D eigenvalue weighted by Crippen LogP contribution is 2.39. The lowest BCUT2D eigenvalue weighted by atomic mass is 9.82. The van der Waals surface area contributed by atoms with E-state index < -0.39 is 6.10 Å². The van der Waals surface area contributed by atoms with Crippen molar-refractivity contribution in [1.82, 2.24) is 0 Å². The van der Waals surface area contributed by atoms with Gasteiger partial charge in [-0.05, 0) is 89.4 Å². The van der Waals surface area contributed by atoms with Crippen LogP contribution in [0.3, 0.4) is 0 Å². The normalized spacial score (nSPS) is 25.4. The van der Waals surface area contributed by atoms with Crippen molar-refractivity contribution in [2.45, 2.75) is 171 Å². The molecule has 0 spiro atoms. The second kappa shape index (κ2) is 39.9. The quantitative estimate of drug-likeness (QED) is 0.0446. The molecule has 0 aromatic rings. The first kappa shape index (κ1) is 78.5. The summed E-state index contributed by atoms with van der Waals surface area (Å²) in [6, 6.07) is 0. The summed E-state index contributed by atoms with van der Waals surface area (Å²) in [5.41, 5.74) is 2.43. The van der Waals surface area contributed by atoms with Gasteiger partial charge in [-0.25, -0.2) is 0 Å². The van der Waals surface area contributed by atoms with E-state index in [2.05, 4.69) is 62.3 Å². The maximum absolute atomic E-state index is 9.91. The summed E-state index contributed by atoms with van der Waals surface area (Å²) in [5, 5.41) is 9.91. The Morgan fingerprint density at radius 3 is 0.870 bits per heavy atom. The number of aliphatic hydroxyl groups excluding tert-OH is 1. The first-order chi connectivity index (χ1) is 44.7. The van der Waals surface area contributed by atoms with Gasteiger partial charge in [0.05, 0.1) is 218 Å². The highest BCUT2D eigenvalue weighted by Gasteiger charge is 2.44. The molecule has 0 aromatic heterocycles. The lowest BCUT2D eigenvalue weighted by Crippen LogP contribution is -2.49. The fourth-order valence-corrected chi connectivity index (χ4v) is 11.9. The zero-order chi connectivity index (χ0) is 65.6. The summed E-state index contributed by atoms with van der Waals surface area (Å²) in [6.07, 6.45) is 15.9. The number of ether oxygens (including phenoxy) is 19. The Bertz CT molecular complexity index is 1800. The predicted octanol–water partition coefficient (Wildman–Crippen LogP) is 9.63. The van der Waals surface area contributed by atoms with Crippen LogP contribution in [-0.2, 0) is 90.0 Å². The van der Waals surface area contributed by atoms with Crippen LogP contribution in [-0.4, -0.2) is 261 Å². The van der Waals surface area contributed by atoms with Crippen LogP contribution in [0.5, 0.6) is 0 Å². The van der Waals surface area contributed by atoms with Crippen LogP contribution < -0.4 is 0 Å². The second-order valence-electron chi connectivity index (χ2n) is 30.4. The molecule has 1 aliphatic carbocycles. The number of unbranched alkanes of at least 4 members (excludes halogenated alkanes) is 1. The Labute approximate surface area is 556 Å². The van der Waals surface area contributed by atoms with Crippen LogP contribution in [0.25, 0.3) is 0 Å². The SMILES string of the molecule is CCC1(COCC(COCC2(CC)COC2)OCC2CO2)COC1.CCC1(COCC2(CC)COC2)COC1.CCC1(COCC2CC2)COC1.CCC1(COCCCCOCC2(CC)COC2)COC1.CCCC1(COCC(O)COCC2(CC)COC2)COC1. The average Bonchev–Trinajstić information content (AvgIpc) is 1.91. The van der Waals surface area contributed by atoms with Gasteiger partial charge in [-0.2, -0.15) is 0 Å². The third-order valence-corrected chi connectivity index (χ3v) is 21.8. The first-order valence-corrected chi connectivity index (χ1v) is 36.4. The van der Waals surface area contributed by atoms with Crippen LogP contribution in [0.2, 0.25) is 0 Å². The third-order valence-electron chi connectivity index (χ3n) is 21.8. The Morgan fingerprint density at radius 1 is 0.337 bits per heavy atom. The molecule has 540 valence electrons. The van der Waals surface area contributed by atoms with Crippen molar-refractivity contribution in [2.75, 3.05) is 238 Å². The Balaban J connectivity index is 0.000000166. The highest BCUT2D eigenvalue weighted by atomic mass is 16.6. The number of hydrogen-bond acceptors (Lipinski definition) is 20. The summed E-state index contributed by atoms with van der Waals surface area (Å²) in [7, 11) is 0. The lowest BCUT2D eigenvalue weighted by Gasteiger charge is -2.44. The fourth-order valence-electron chi connectivity index (χ4n) is 11.9. The van der Waals surface area contributed by atoms with E-state index in [0.29, 0.717) is 73.3 Å². The maximum Gasteiger partial charge on any atom is 0.104 e. The van der Waals surface area contributed by atoms with Crippen molar-refractivity contribution < 1.29 is 95.1 Å². The van der Waals surface area contributed by atoms with Crippen molar-refractivity contribution in [2.24, 2.45) is 54.7 Å². The summed E-state index contributed by atoms with van der Waals surface area (Å²) in [6.45, 7) is 47.9. The fraction of sp³-hybridized carbons (Fsp3) is 1.00. The second-order valence-corrected chi connectivity index (χ2v) is 30.4. The number of rotatable bonds is 46. The summed E-state index contributed by atoms with van der Waals surface area (Å²) in [5.74, 6) is 0.889. The van der Waals surface area contributed by atoms with Gasteiger partial charge in [0.15, 0.2) is 0 Å². The molecule has 10 saturated heterocycles. The summed E-state index contributed by atoms with van der Waals surface area (Å²) in [4.78, 5) is 0. The molecule has 10 aliphatic heterocycles. The van der Waals surface area contributed by atoms with Gasteiger partial charge in [-0.15, -0.1) is 0 Å². The van der Waals surface area contributed by atoms with E-state index >= 15 is 0 Å². The van der Waals surface area contributed by atoms with Crippen molar-refractivity contribution in [3.63, 3.8) is 0 Å². The average molecular weight is 1320 g/mol. The van der Waals surface area contributed by atoms with Gasteiger partial charge in [0, 0.05) is 68.6 Å². The van der Waals surface area contributed by atoms with E-state index in [9.17, 15) is 5.11 Å². The third kappa shape index (κ3) is 25.1. The lowest BCUT2D eigenvalue weighted by molar-refractivity contribution is -0.187. The van der Waals surface area contributed by atoms with Gasteiger partial charge in [0.1, 0.15) is 18.3 Å². The van der Waals surface area contributed by atoms with Crippen LogP contribution >= 0.6 is 0 Å². The van der Waals surface area contributed by atoms with Gasteiger partial charge >= 0.3 is 0 Å². The molecule has 2 unspecified atom stereocenters. The minimum absolute atomic E-state index is 0.0426. The molecule has 11 fully saturated rings. The van der Waals surface area contributed by atoms with Gasteiger partial charge in [0.2, 0.25) is 0 Å². The monoisotopic (exact) mass is 1320 g/mol. The van der Waals surface area contributed by atoms with Crippen molar-refractivity contribution in [3.8, 4) is 0 Å². The molecule has 11 aliphatic rings. The molecular formula is C72H132O20. The van der Waals surface area contributed by atoms with E-state index in [1.807, 2.05) is 0 Å². The molecule has 0 amide bonds. The van der Waals surface area contributed by atoms with Gasteiger partial charge in [-0.1, -0.05) is 68.7 Å². The topological polar surface area (TPSA) is 199 Å². The minimum atomic E-state index is -0.556. The maximum atomic E-state index is 9.91. The predicted molar refractivity (Wildman–Crippen MR) is 351 cm³/mol. The molecule has 0 radical (unpaired) electrons. The zero-order valence-corrected chi connectivity index (χ0v) is 59.4. The highest BCUT2D eigenvalue weighted by molar-refractivity contribution is 4.91. The van der Waals surface area contributed by atoms with Crippen molar-refractivity contribution in [1.29, 1.82) is 0 Å².